The molecule has 7 aromatic carbocycles. The first-order valence-electron chi connectivity index (χ1n) is 15.5. The number of fused-ring (bicyclic) bond motifs is 10. The molecule has 0 saturated carbocycles. The van der Waals surface area contributed by atoms with Crippen LogP contribution in [0.3, 0.4) is 0 Å². The van der Waals surface area contributed by atoms with E-state index in [9.17, 15) is 0 Å². The van der Waals surface area contributed by atoms with E-state index in [1.807, 2.05) is 0 Å². The molecule has 0 unspecified atom stereocenters. The molecule has 3 heteroatoms. The summed E-state index contributed by atoms with van der Waals surface area (Å²) in [5.41, 5.74) is 10.7. The van der Waals surface area contributed by atoms with Crippen LogP contribution in [-0.4, -0.2) is 13.7 Å². The van der Waals surface area contributed by atoms with Crippen LogP contribution < -0.4 is 0 Å². The van der Waals surface area contributed by atoms with Gasteiger partial charge in [0.1, 0.15) is 0 Å². The van der Waals surface area contributed by atoms with Gasteiger partial charge in [-0.25, -0.2) is 0 Å². The number of hydrogen-bond donors (Lipinski definition) is 0. The van der Waals surface area contributed by atoms with Crippen molar-refractivity contribution in [3.05, 3.63) is 164 Å². The lowest BCUT2D eigenvalue weighted by Gasteiger charge is -2.16. The zero-order valence-corrected chi connectivity index (χ0v) is 24.4. The predicted molar refractivity (Wildman–Crippen MR) is 189 cm³/mol. The Hall–Kier alpha value is -6.06. The molecule has 0 fully saturated rings. The molecule has 45 heavy (non-hydrogen) atoms. The van der Waals surface area contributed by atoms with E-state index in [0.717, 1.165) is 17.1 Å². The Morgan fingerprint density at radius 2 is 0.689 bits per heavy atom. The lowest BCUT2D eigenvalue weighted by Crippen LogP contribution is -2.02. The summed E-state index contributed by atoms with van der Waals surface area (Å²) in [6, 6.07) is 59.4. The molecule has 10 rings (SSSR count). The van der Waals surface area contributed by atoms with Gasteiger partial charge in [0.05, 0.1) is 38.8 Å². The first-order valence-corrected chi connectivity index (χ1v) is 15.5. The molecule has 0 radical (unpaired) electrons. The second kappa shape index (κ2) is 9.22. The van der Waals surface area contributed by atoms with Gasteiger partial charge in [0, 0.05) is 43.7 Å². The van der Waals surface area contributed by atoms with E-state index < -0.39 is 0 Å². The van der Waals surface area contributed by atoms with Crippen molar-refractivity contribution in [1.82, 2.24) is 13.7 Å². The molecule has 0 aliphatic rings. The maximum absolute atomic E-state index is 2.48. The summed E-state index contributed by atoms with van der Waals surface area (Å²) in [4.78, 5) is 0. The van der Waals surface area contributed by atoms with Crippen LogP contribution in [0.15, 0.2) is 164 Å². The van der Waals surface area contributed by atoms with Crippen LogP contribution in [0.25, 0.3) is 82.5 Å². The van der Waals surface area contributed by atoms with Crippen molar-refractivity contribution < 1.29 is 0 Å². The van der Waals surface area contributed by atoms with Crippen LogP contribution in [0.4, 0.5) is 0 Å². The van der Waals surface area contributed by atoms with Crippen molar-refractivity contribution in [2.24, 2.45) is 0 Å². The number of nitrogens with zero attached hydrogens (tertiary/aromatic N) is 3. The molecule has 0 saturated heterocycles. The lowest BCUT2D eigenvalue weighted by atomic mass is 10.0. The third-order valence-corrected chi connectivity index (χ3v) is 9.40. The molecule has 3 heterocycles. The smallest absolute Gasteiger partial charge is 0.0790 e. The number of hydrogen-bond acceptors (Lipinski definition) is 0. The molecule has 3 aromatic heterocycles. The zero-order chi connectivity index (χ0) is 29.5. The molecule has 0 aliphatic heterocycles. The summed E-state index contributed by atoms with van der Waals surface area (Å²) >= 11 is 0. The quantitative estimate of drug-likeness (QED) is 0.200. The largest absolute Gasteiger partial charge is 0.309 e. The molecule has 0 aliphatic carbocycles. The third-order valence-electron chi connectivity index (χ3n) is 9.40. The second-order valence-electron chi connectivity index (χ2n) is 11.8. The highest BCUT2D eigenvalue weighted by atomic mass is 15.1. The number of para-hydroxylation sites is 6. The fourth-order valence-corrected chi connectivity index (χ4v) is 7.65. The summed E-state index contributed by atoms with van der Waals surface area (Å²) < 4.78 is 7.39. The van der Waals surface area contributed by atoms with E-state index in [2.05, 4.69) is 177 Å². The van der Waals surface area contributed by atoms with E-state index >= 15 is 0 Å². The van der Waals surface area contributed by atoms with E-state index in [1.54, 1.807) is 0 Å². The Morgan fingerprint density at radius 1 is 0.289 bits per heavy atom. The van der Waals surface area contributed by atoms with Gasteiger partial charge in [-0.2, -0.15) is 0 Å². The van der Waals surface area contributed by atoms with Gasteiger partial charge < -0.3 is 13.7 Å². The first kappa shape index (κ1) is 24.4. The monoisotopic (exact) mass is 573 g/mol. The highest BCUT2D eigenvalue weighted by Gasteiger charge is 2.25. The number of benzene rings is 7. The van der Waals surface area contributed by atoms with Crippen LogP contribution in [0, 0.1) is 0 Å². The van der Waals surface area contributed by atoms with E-state index in [1.165, 1.54) is 65.4 Å². The fraction of sp³-hybridized carbons (Fsp3) is 0. The molecule has 0 amide bonds. The minimum absolute atomic E-state index is 1.15. The van der Waals surface area contributed by atoms with Gasteiger partial charge in [0.25, 0.3) is 0 Å². The Kier molecular flexibility index (Phi) is 5.00. The minimum atomic E-state index is 1.15. The summed E-state index contributed by atoms with van der Waals surface area (Å²) in [5, 5.41) is 7.57. The molecule has 0 N–H and O–H groups in total. The lowest BCUT2D eigenvalue weighted by molar-refractivity contribution is 1.12. The van der Waals surface area contributed by atoms with Crippen molar-refractivity contribution in [2.75, 3.05) is 0 Å². The SMILES string of the molecule is c1ccc(-n2c3ccccc3c3c4c5ccccc5n(-c5ccccc5)c4c(-n4c5ccccc5c5ccccc54)cc32)cc1. The average Bonchev–Trinajstić information content (AvgIpc) is 3.74. The van der Waals surface area contributed by atoms with E-state index in [-0.39, 0.29) is 0 Å². The highest BCUT2D eigenvalue weighted by molar-refractivity contribution is 6.31. The van der Waals surface area contributed by atoms with Crippen molar-refractivity contribution in [2.45, 2.75) is 0 Å². The van der Waals surface area contributed by atoms with Gasteiger partial charge in [-0.05, 0) is 54.6 Å². The Balaban J connectivity index is 1.54. The van der Waals surface area contributed by atoms with Crippen LogP contribution in [0.2, 0.25) is 0 Å². The van der Waals surface area contributed by atoms with Crippen LogP contribution in [-0.2, 0) is 0 Å². The zero-order valence-electron chi connectivity index (χ0n) is 24.4. The third kappa shape index (κ3) is 3.30. The summed E-state index contributed by atoms with van der Waals surface area (Å²) in [6.45, 7) is 0. The van der Waals surface area contributed by atoms with Crippen molar-refractivity contribution >= 4 is 65.4 Å². The maximum atomic E-state index is 2.48. The predicted octanol–water partition coefficient (Wildman–Crippen LogP) is 11.0. The van der Waals surface area contributed by atoms with E-state index in [0.29, 0.717) is 0 Å². The molecule has 0 spiro atoms. The molecular weight excluding hydrogens is 546 g/mol. The highest BCUT2D eigenvalue weighted by Crippen LogP contribution is 2.46. The molecular formula is C42H27N3. The molecule has 10 aromatic rings. The Bertz CT molecular complexity index is 2690. The normalized spacial score (nSPS) is 12.0. The Morgan fingerprint density at radius 3 is 1.24 bits per heavy atom. The number of rotatable bonds is 3. The van der Waals surface area contributed by atoms with E-state index in [4.69, 9.17) is 0 Å². The van der Waals surface area contributed by atoms with Gasteiger partial charge in [-0.3, -0.25) is 0 Å². The Labute approximate surface area is 259 Å². The van der Waals surface area contributed by atoms with Crippen LogP contribution >= 0.6 is 0 Å². The van der Waals surface area contributed by atoms with Gasteiger partial charge in [-0.15, -0.1) is 0 Å². The summed E-state index contributed by atoms with van der Waals surface area (Å²) in [6.07, 6.45) is 0. The standard InChI is InChI=1S/C42H27N3/c1-3-15-28(16-4-1)43-36-25-13-9-21-32(36)40-38(43)27-39(45-34-23-11-7-19-30(34)31-20-8-12-24-35(31)45)42-41(40)33-22-10-14-26-37(33)44(42)29-17-5-2-6-18-29/h1-27H. The topological polar surface area (TPSA) is 14.8 Å². The average molecular weight is 574 g/mol. The first-order chi connectivity index (χ1) is 22.4. The maximum Gasteiger partial charge on any atom is 0.0790 e. The van der Waals surface area contributed by atoms with Crippen molar-refractivity contribution in [3.8, 4) is 17.1 Å². The van der Waals surface area contributed by atoms with Gasteiger partial charge >= 0.3 is 0 Å². The molecule has 0 atom stereocenters. The molecule has 3 nitrogen and oxygen atoms in total. The van der Waals surface area contributed by atoms with Crippen LogP contribution in [0.5, 0.6) is 0 Å². The second-order valence-corrected chi connectivity index (χ2v) is 11.8. The van der Waals surface area contributed by atoms with Gasteiger partial charge in [0.15, 0.2) is 0 Å². The molecule has 210 valence electrons. The van der Waals surface area contributed by atoms with Crippen molar-refractivity contribution in [3.63, 3.8) is 0 Å². The van der Waals surface area contributed by atoms with Gasteiger partial charge in [0.2, 0.25) is 0 Å². The van der Waals surface area contributed by atoms with Crippen LogP contribution in [0.1, 0.15) is 0 Å². The number of aromatic nitrogens is 3. The minimum Gasteiger partial charge on any atom is -0.309 e. The summed E-state index contributed by atoms with van der Waals surface area (Å²) in [7, 11) is 0. The summed E-state index contributed by atoms with van der Waals surface area (Å²) in [5.74, 6) is 0. The fourth-order valence-electron chi connectivity index (χ4n) is 7.65. The molecule has 0 bridgehead atoms. The van der Waals surface area contributed by atoms with Crippen molar-refractivity contribution in [1.29, 1.82) is 0 Å². The van der Waals surface area contributed by atoms with Gasteiger partial charge in [-0.1, -0.05) is 109 Å².